The van der Waals surface area contributed by atoms with Crippen LogP contribution < -0.4 is 5.32 Å². The van der Waals surface area contributed by atoms with Crippen LogP contribution in [0.3, 0.4) is 0 Å². The van der Waals surface area contributed by atoms with Gasteiger partial charge in [0.05, 0.1) is 11.8 Å². The third kappa shape index (κ3) is 2.70. The number of rotatable bonds is 4. The summed E-state index contributed by atoms with van der Waals surface area (Å²) in [5.41, 5.74) is 1.13. The second-order valence-electron chi connectivity index (χ2n) is 3.53. The van der Waals surface area contributed by atoms with Crippen LogP contribution in [0.5, 0.6) is 0 Å². The van der Waals surface area contributed by atoms with Crippen molar-refractivity contribution in [2.75, 3.05) is 0 Å². The van der Waals surface area contributed by atoms with Crippen molar-refractivity contribution in [3.63, 3.8) is 0 Å². The van der Waals surface area contributed by atoms with Crippen molar-refractivity contribution in [3.05, 3.63) is 47.5 Å². The molecule has 0 fully saturated rings. The van der Waals surface area contributed by atoms with Crippen LogP contribution >= 0.6 is 0 Å². The van der Waals surface area contributed by atoms with Gasteiger partial charge in [0.25, 0.3) is 5.91 Å². The van der Waals surface area contributed by atoms with Crippen LogP contribution in [0.25, 0.3) is 0 Å². The van der Waals surface area contributed by atoms with Crippen LogP contribution in [0.4, 0.5) is 0 Å². The third-order valence-electron chi connectivity index (χ3n) is 2.26. The number of pyridine rings is 1. The number of hydrogen-bond donors (Lipinski definition) is 3. The Bertz CT molecular complexity index is 548. The molecule has 0 aromatic carbocycles. The van der Waals surface area contributed by atoms with Crippen molar-refractivity contribution in [1.29, 1.82) is 0 Å². The number of carboxylic acids is 1. The van der Waals surface area contributed by atoms with E-state index < -0.39 is 5.97 Å². The molecule has 0 atom stereocenters. The summed E-state index contributed by atoms with van der Waals surface area (Å²) >= 11 is 0. The molecule has 0 spiro atoms. The fourth-order valence-electron chi connectivity index (χ4n) is 1.32. The van der Waals surface area contributed by atoms with Gasteiger partial charge in [-0.05, 0) is 11.6 Å². The van der Waals surface area contributed by atoms with Crippen molar-refractivity contribution in [2.45, 2.75) is 6.54 Å². The molecule has 3 N–H and O–H groups in total. The number of carboxylic acid groups (broad SMARTS) is 1. The van der Waals surface area contributed by atoms with Gasteiger partial charge in [-0.3, -0.25) is 9.89 Å². The lowest BCUT2D eigenvalue weighted by molar-refractivity contribution is 0.0690. The van der Waals surface area contributed by atoms with E-state index in [1.54, 1.807) is 6.07 Å². The predicted molar refractivity (Wildman–Crippen MR) is 61.0 cm³/mol. The first-order valence-electron chi connectivity index (χ1n) is 5.12. The number of amides is 1. The number of nitrogens with zero attached hydrogens (tertiary/aromatic N) is 2. The number of hydrogen-bond acceptors (Lipinski definition) is 4. The van der Waals surface area contributed by atoms with Gasteiger partial charge >= 0.3 is 5.97 Å². The fraction of sp³-hybridized carbons (Fsp3) is 0.0909. The summed E-state index contributed by atoms with van der Waals surface area (Å²) in [6.07, 6.45) is 4.32. The number of carbonyl (C=O) groups is 2. The zero-order chi connectivity index (χ0) is 13.0. The van der Waals surface area contributed by atoms with Crippen LogP contribution in [0, 0.1) is 0 Å². The zero-order valence-electron chi connectivity index (χ0n) is 9.25. The Morgan fingerprint density at radius 3 is 2.72 bits per heavy atom. The van der Waals surface area contributed by atoms with Gasteiger partial charge in [0.15, 0.2) is 0 Å². The highest BCUT2D eigenvalue weighted by Crippen LogP contribution is 2.01. The summed E-state index contributed by atoms with van der Waals surface area (Å²) in [7, 11) is 0. The maximum atomic E-state index is 11.6. The summed E-state index contributed by atoms with van der Waals surface area (Å²) < 4.78 is 0. The van der Waals surface area contributed by atoms with Gasteiger partial charge in [0, 0.05) is 18.9 Å². The molecular formula is C11H10N4O3. The molecule has 1 amide bonds. The number of H-pyrrole nitrogens is 1. The molecule has 0 aliphatic rings. The van der Waals surface area contributed by atoms with Gasteiger partial charge in [-0.15, -0.1) is 0 Å². The highest BCUT2D eigenvalue weighted by Gasteiger charge is 2.07. The summed E-state index contributed by atoms with van der Waals surface area (Å²) in [4.78, 5) is 25.9. The van der Waals surface area contributed by atoms with Crippen molar-refractivity contribution in [2.24, 2.45) is 0 Å². The molecule has 0 unspecified atom stereocenters. The van der Waals surface area contributed by atoms with E-state index in [0.717, 1.165) is 5.56 Å². The average Bonchev–Trinajstić information content (AvgIpc) is 2.90. The molecule has 7 nitrogen and oxygen atoms in total. The molecule has 7 heteroatoms. The average molecular weight is 246 g/mol. The molecule has 2 rings (SSSR count). The molecular weight excluding hydrogens is 236 g/mol. The molecule has 2 aromatic heterocycles. The van der Waals surface area contributed by atoms with Crippen LogP contribution in [0.2, 0.25) is 0 Å². The van der Waals surface area contributed by atoms with Crippen molar-refractivity contribution in [3.8, 4) is 0 Å². The van der Waals surface area contributed by atoms with Gasteiger partial charge in [-0.25, -0.2) is 9.78 Å². The third-order valence-corrected chi connectivity index (χ3v) is 2.26. The Labute approximate surface area is 102 Å². The van der Waals surface area contributed by atoms with E-state index in [4.69, 9.17) is 5.11 Å². The summed E-state index contributed by atoms with van der Waals surface area (Å²) in [5, 5.41) is 17.5. The van der Waals surface area contributed by atoms with Gasteiger partial charge in [-0.2, -0.15) is 5.10 Å². The Kier molecular flexibility index (Phi) is 3.33. The molecule has 0 aliphatic heterocycles. The second-order valence-corrected chi connectivity index (χ2v) is 3.53. The van der Waals surface area contributed by atoms with E-state index in [1.165, 1.54) is 24.7 Å². The van der Waals surface area contributed by atoms with Crippen molar-refractivity contribution in [1.82, 2.24) is 20.5 Å². The fourth-order valence-corrected chi connectivity index (χ4v) is 1.32. The Balaban J connectivity index is 1.94. The lowest BCUT2D eigenvalue weighted by atomic mass is 10.2. The molecule has 0 saturated carbocycles. The van der Waals surface area contributed by atoms with Gasteiger partial charge in [0.2, 0.25) is 0 Å². The number of carbonyl (C=O) groups excluding carboxylic acids is 1. The van der Waals surface area contributed by atoms with Gasteiger partial charge in [0.1, 0.15) is 5.69 Å². The monoisotopic (exact) mass is 246 g/mol. The number of aromatic amines is 1. The SMILES string of the molecule is O=C(NCc1ccc(C(=O)O)nc1)c1cn[nH]c1. The topological polar surface area (TPSA) is 108 Å². The molecule has 0 radical (unpaired) electrons. The molecule has 0 saturated heterocycles. The maximum Gasteiger partial charge on any atom is 0.354 e. The molecule has 18 heavy (non-hydrogen) atoms. The maximum absolute atomic E-state index is 11.6. The number of nitrogens with one attached hydrogen (secondary N) is 2. The lowest BCUT2D eigenvalue weighted by Crippen LogP contribution is -2.22. The standard InChI is InChI=1S/C11H10N4O3/c16-10(8-5-14-15-6-8)13-4-7-1-2-9(11(17)18)12-3-7/h1-3,5-6H,4H2,(H,13,16)(H,14,15)(H,17,18). The molecule has 2 aromatic rings. The van der Waals surface area contributed by atoms with E-state index in [2.05, 4.69) is 20.5 Å². The zero-order valence-corrected chi connectivity index (χ0v) is 9.25. The lowest BCUT2D eigenvalue weighted by Gasteiger charge is -2.03. The van der Waals surface area contributed by atoms with Crippen LogP contribution in [-0.2, 0) is 6.54 Å². The van der Waals surface area contributed by atoms with Crippen LogP contribution in [-0.4, -0.2) is 32.2 Å². The first-order chi connectivity index (χ1) is 8.66. The normalized spacial score (nSPS) is 10.0. The van der Waals surface area contributed by atoms with Crippen molar-refractivity contribution < 1.29 is 14.7 Å². The van der Waals surface area contributed by atoms with E-state index >= 15 is 0 Å². The first kappa shape index (κ1) is 11.8. The smallest absolute Gasteiger partial charge is 0.354 e. The minimum absolute atomic E-state index is 0.0279. The summed E-state index contributed by atoms with van der Waals surface area (Å²) in [6, 6.07) is 2.99. The minimum atomic E-state index is -1.08. The van der Waals surface area contributed by atoms with Gasteiger partial charge < -0.3 is 10.4 Å². The molecule has 92 valence electrons. The highest BCUT2D eigenvalue weighted by molar-refractivity contribution is 5.93. The van der Waals surface area contributed by atoms with E-state index in [9.17, 15) is 9.59 Å². The number of aromatic nitrogens is 3. The first-order valence-corrected chi connectivity index (χ1v) is 5.12. The Hall–Kier alpha value is -2.70. The largest absolute Gasteiger partial charge is 0.477 e. The van der Waals surface area contributed by atoms with Crippen LogP contribution in [0.15, 0.2) is 30.7 Å². The Morgan fingerprint density at radius 1 is 1.33 bits per heavy atom. The van der Waals surface area contributed by atoms with E-state index in [0.29, 0.717) is 5.56 Å². The van der Waals surface area contributed by atoms with Crippen LogP contribution in [0.1, 0.15) is 26.4 Å². The summed E-state index contributed by atoms with van der Waals surface area (Å²) in [5.74, 6) is -1.34. The quantitative estimate of drug-likeness (QED) is 0.725. The number of aromatic carboxylic acids is 1. The molecule has 0 bridgehead atoms. The van der Waals surface area contributed by atoms with Crippen molar-refractivity contribution >= 4 is 11.9 Å². The predicted octanol–water partition coefficient (Wildman–Crippen LogP) is 0.433. The summed E-state index contributed by atoms with van der Waals surface area (Å²) in [6.45, 7) is 0.275. The minimum Gasteiger partial charge on any atom is -0.477 e. The molecule has 2 heterocycles. The Morgan fingerprint density at radius 2 is 2.17 bits per heavy atom. The van der Waals surface area contributed by atoms with Gasteiger partial charge in [-0.1, -0.05) is 6.07 Å². The highest BCUT2D eigenvalue weighted by atomic mass is 16.4. The van der Waals surface area contributed by atoms with E-state index in [1.807, 2.05) is 0 Å². The molecule has 0 aliphatic carbocycles. The second kappa shape index (κ2) is 5.09. The van der Waals surface area contributed by atoms with E-state index in [-0.39, 0.29) is 18.1 Å².